The second kappa shape index (κ2) is 5.42. The predicted octanol–water partition coefficient (Wildman–Crippen LogP) is 4.22. The van der Waals surface area contributed by atoms with Gasteiger partial charge in [0.05, 0.1) is 22.6 Å². The molecule has 0 amide bonds. The minimum Gasteiger partial charge on any atom is -0.481 e. The number of carbonyl (C=O) groups is 2. The third-order valence-corrected chi connectivity index (χ3v) is 4.72. The summed E-state index contributed by atoms with van der Waals surface area (Å²) in [6.07, 6.45) is 1.52. The van der Waals surface area contributed by atoms with Gasteiger partial charge in [0.25, 0.3) is 0 Å². The number of carboxylic acids is 1. The van der Waals surface area contributed by atoms with Crippen LogP contribution in [0.2, 0.25) is 0 Å². The molecule has 112 valence electrons. The molecule has 0 aliphatic heterocycles. The Morgan fingerprint density at radius 1 is 1.32 bits per heavy atom. The molecule has 1 N–H and O–H groups in total. The number of rotatable bonds is 4. The van der Waals surface area contributed by atoms with Crippen molar-refractivity contribution >= 4 is 34.1 Å². The van der Waals surface area contributed by atoms with Crippen LogP contribution in [0.25, 0.3) is 11.0 Å². The molecule has 1 aromatic carbocycles. The van der Waals surface area contributed by atoms with Crippen LogP contribution in [0.3, 0.4) is 0 Å². The van der Waals surface area contributed by atoms with Crippen molar-refractivity contribution in [2.45, 2.75) is 19.8 Å². The second-order valence-corrected chi connectivity index (χ2v) is 6.12. The van der Waals surface area contributed by atoms with E-state index in [0.29, 0.717) is 27.2 Å². The normalized spacial score (nSPS) is 12.5. The van der Waals surface area contributed by atoms with Crippen molar-refractivity contribution in [2.24, 2.45) is 0 Å². The van der Waals surface area contributed by atoms with Gasteiger partial charge in [0, 0.05) is 5.39 Å². The SMILES string of the molecule is Cc1c(C(C)C(=O)O)cc2ccoc2c1C(=O)c1cccs1. The van der Waals surface area contributed by atoms with Gasteiger partial charge in [-0.25, -0.2) is 0 Å². The van der Waals surface area contributed by atoms with Gasteiger partial charge in [-0.2, -0.15) is 0 Å². The molecule has 22 heavy (non-hydrogen) atoms. The maximum atomic E-state index is 12.8. The summed E-state index contributed by atoms with van der Waals surface area (Å²) in [4.78, 5) is 24.7. The van der Waals surface area contributed by atoms with E-state index in [1.807, 2.05) is 11.4 Å². The zero-order valence-electron chi connectivity index (χ0n) is 12.1. The lowest BCUT2D eigenvalue weighted by Gasteiger charge is -2.14. The number of aliphatic carboxylic acids is 1. The van der Waals surface area contributed by atoms with Crippen LogP contribution in [0.1, 0.15) is 39.2 Å². The van der Waals surface area contributed by atoms with Gasteiger partial charge in [0.2, 0.25) is 5.78 Å². The van der Waals surface area contributed by atoms with Crippen molar-refractivity contribution in [3.63, 3.8) is 0 Å². The van der Waals surface area contributed by atoms with Crippen molar-refractivity contribution in [3.05, 3.63) is 57.5 Å². The van der Waals surface area contributed by atoms with Gasteiger partial charge < -0.3 is 9.52 Å². The molecule has 0 saturated heterocycles. The lowest BCUT2D eigenvalue weighted by Crippen LogP contribution is -2.12. The number of furan rings is 1. The molecule has 1 unspecified atom stereocenters. The fourth-order valence-corrected chi connectivity index (χ4v) is 3.28. The highest BCUT2D eigenvalue weighted by Gasteiger charge is 2.25. The van der Waals surface area contributed by atoms with Crippen LogP contribution < -0.4 is 0 Å². The van der Waals surface area contributed by atoms with Crippen molar-refractivity contribution in [3.8, 4) is 0 Å². The number of hydrogen-bond acceptors (Lipinski definition) is 4. The van der Waals surface area contributed by atoms with E-state index in [1.54, 1.807) is 32.0 Å². The standard InChI is InChI=1S/C17H14O4S/c1-9-12(10(2)17(19)20)8-11-5-6-21-16(11)14(9)15(18)13-4-3-7-22-13/h3-8,10H,1-2H3,(H,19,20). The van der Waals surface area contributed by atoms with Gasteiger partial charge >= 0.3 is 5.97 Å². The smallest absolute Gasteiger partial charge is 0.310 e. The molecule has 5 heteroatoms. The molecule has 0 bridgehead atoms. The molecule has 3 rings (SSSR count). The van der Waals surface area contributed by atoms with Crippen molar-refractivity contribution in [1.29, 1.82) is 0 Å². The highest BCUT2D eigenvalue weighted by molar-refractivity contribution is 7.12. The minimum atomic E-state index is -0.916. The summed E-state index contributed by atoms with van der Waals surface area (Å²) in [5.41, 5.74) is 2.27. The minimum absolute atomic E-state index is 0.133. The van der Waals surface area contributed by atoms with E-state index >= 15 is 0 Å². The fourth-order valence-electron chi connectivity index (χ4n) is 2.61. The molecule has 4 nitrogen and oxygen atoms in total. The van der Waals surface area contributed by atoms with Gasteiger partial charge in [-0.05, 0) is 48.6 Å². The molecule has 3 aromatic rings. The summed E-state index contributed by atoms with van der Waals surface area (Å²) in [5.74, 6) is -1.73. The highest BCUT2D eigenvalue weighted by atomic mass is 32.1. The predicted molar refractivity (Wildman–Crippen MR) is 84.8 cm³/mol. The second-order valence-electron chi connectivity index (χ2n) is 5.17. The van der Waals surface area contributed by atoms with E-state index in [0.717, 1.165) is 5.39 Å². The monoisotopic (exact) mass is 314 g/mol. The summed E-state index contributed by atoms with van der Waals surface area (Å²) < 4.78 is 5.48. The Hall–Kier alpha value is -2.40. The molecule has 0 fully saturated rings. The molecule has 2 heterocycles. The van der Waals surface area contributed by atoms with Crippen LogP contribution >= 0.6 is 11.3 Å². The number of ketones is 1. The van der Waals surface area contributed by atoms with E-state index < -0.39 is 11.9 Å². The summed E-state index contributed by atoms with van der Waals surface area (Å²) in [6.45, 7) is 3.40. The van der Waals surface area contributed by atoms with Crippen LogP contribution in [-0.2, 0) is 4.79 Å². The van der Waals surface area contributed by atoms with Gasteiger partial charge in [-0.3, -0.25) is 9.59 Å². The Morgan fingerprint density at radius 2 is 2.09 bits per heavy atom. The number of benzene rings is 1. The van der Waals surface area contributed by atoms with E-state index in [2.05, 4.69) is 0 Å². The average Bonchev–Trinajstić information content (AvgIpc) is 3.16. The number of hydrogen-bond donors (Lipinski definition) is 1. The quantitative estimate of drug-likeness (QED) is 0.732. The molecule has 0 radical (unpaired) electrons. The average molecular weight is 314 g/mol. The maximum absolute atomic E-state index is 12.8. The summed E-state index contributed by atoms with van der Waals surface area (Å²) in [7, 11) is 0. The molecular weight excluding hydrogens is 300 g/mol. The van der Waals surface area contributed by atoms with Crippen LogP contribution in [0.5, 0.6) is 0 Å². The zero-order chi connectivity index (χ0) is 15.9. The van der Waals surface area contributed by atoms with Crippen LogP contribution in [0.4, 0.5) is 0 Å². The number of fused-ring (bicyclic) bond motifs is 1. The van der Waals surface area contributed by atoms with E-state index in [4.69, 9.17) is 4.42 Å². The van der Waals surface area contributed by atoms with Gasteiger partial charge in [0.1, 0.15) is 5.58 Å². The highest BCUT2D eigenvalue weighted by Crippen LogP contribution is 2.33. The summed E-state index contributed by atoms with van der Waals surface area (Å²) in [5, 5.41) is 11.9. The lowest BCUT2D eigenvalue weighted by molar-refractivity contribution is -0.138. The lowest BCUT2D eigenvalue weighted by atomic mass is 9.89. The fraction of sp³-hybridized carbons (Fsp3) is 0.176. The molecule has 0 saturated carbocycles. The Morgan fingerprint density at radius 3 is 2.73 bits per heavy atom. The first-order valence-corrected chi connectivity index (χ1v) is 7.70. The number of carbonyl (C=O) groups excluding carboxylic acids is 1. The maximum Gasteiger partial charge on any atom is 0.310 e. The Kier molecular flexibility index (Phi) is 3.58. The first-order valence-electron chi connectivity index (χ1n) is 6.82. The topological polar surface area (TPSA) is 67.5 Å². The van der Waals surface area contributed by atoms with E-state index in [-0.39, 0.29) is 5.78 Å². The van der Waals surface area contributed by atoms with Gasteiger partial charge in [-0.15, -0.1) is 11.3 Å². The van der Waals surface area contributed by atoms with Gasteiger partial charge in [0.15, 0.2) is 0 Å². The molecular formula is C17H14O4S. The molecule has 1 atom stereocenters. The Balaban J connectivity index is 2.28. The molecule has 0 spiro atoms. The Bertz CT molecular complexity index is 858. The number of carboxylic acid groups (broad SMARTS) is 1. The Labute approximate surface area is 131 Å². The molecule has 0 aliphatic rings. The van der Waals surface area contributed by atoms with Gasteiger partial charge in [-0.1, -0.05) is 6.07 Å². The van der Waals surface area contributed by atoms with E-state index in [1.165, 1.54) is 17.6 Å². The summed E-state index contributed by atoms with van der Waals surface area (Å²) in [6, 6.07) is 7.11. The van der Waals surface area contributed by atoms with Crippen molar-refractivity contribution in [2.75, 3.05) is 0 Å². The number of thiophene rings is 1. The molecule has 2 aromatic heterocycles. The van der Waals surface area contributed by atoms with Crippen molar-refractivity contribution < 1.29 is 19.1 Å². The van der Waals surface area contributed by atoms with Crippen LogP contribution in [-0.4, -0.2) is 16.9 Å². The third-order valence-electron chi connectivity index (χ3n) is 3.85. The largest absolute Gasteiger partial charge is 0.481 e. The first kappa shape index (κ1) is 14.5. The van der Waals surface area contributed by atoms with Crippen LogP contribution in [0, 0.1) is 6.92 Å². The summed E-state index contributed by atoms with van der Waals surface area (Å²) >= 11 is 1.36. The molecule has 0 aliphatic carbocycles. The first-order chi connectivity index (χ1) is 10.5. The van der Waals surface area contributed by atoms with Crippen molar-refractivity contribution in [1.82, 2.24) is 0 Å². The van der Waals surface area contributed by atoms with E-state index in [9.17, 15) is 14.7 Å². The zero-order valence-corrected chi connectivity index (χ0v) is 12.9. The van der Waals surface area contributed by atoms with Crippen LogP contribution in [0.15, 0.2) is 40.3 Å². The third kappa shape index (κ3) is 2.23.